The Morgan fingerprint density at radius 1 is 1.18 bits per heavy atom. The number of alkyl halides is 3. The molecule has 8 nitrogen and oxygen atoms in total. The number of nitrogens with zero attached hydrogens (tertiary/aromatic N) is 1. The van der Waals surface area contributed by atoms with E-state index in [1.54, 1.807) is 6.08 Å². The summed E-state index contributed by atoms with van der Waals surface area (Å²) in [6.07, 6.45) is -0.568. The largest absolute Gasteiger partial charge is 0.523 e. The number of hydrogen-bond acceptors (Lipinski definition) is 7. The molecule has 1 amide bonds. The molecule has 33 heavy (non-hydrogen) atoms. The number of piperazine rings is 1. The van der Waals surface area contributed by atoms with Crippen LogP contribution in [0.25, 0.3) is 0 Å². The van der Waals surface area contributed by atoms with Crippen molar-refractivity contribution in [3.05, 3.63) is 12.2 Å². The van der Waals surface area contributed by atoms with Crippen LogP contribution < -0.4 is 21.3 Å². The Morgan fingerprint density at radius 2 is 1.94 bits per heavy atom. The SMILES string of the molecule is CC1CC2NC3C(=O)NC(O)NC3N(CCNCC3C=CC(OC(F)(F)F)CC3)C2CC1C. The van der Waals surface area contributed by atoms with E-state index in [4.69, 9.17) is 0 Å². The minimum absolute atomic E-state index is 0.164. The van der Waals surface area contributed by atoms with Crippen molar-refractivity contribution in [3.63, 3.8) is 0 Å². The van der Waals surface area contributed by atoms with Crippen LogP contribution in [0.2, 0.25) is 0 Å². The molecule has 0 aromatic heterocycles. The van der Waals surface area contributed by atoms with Gasteiger partial charge in [0.15, 0.2) is 6.35 Å². The van der Waals surface area contributed by atoms with Gasteiger partial charge in [0.05, 0.1) is 12.3 Å². The van der Waals surface area contributed by atoms with Crippen LogP contribution in [-0.4, -0.2) is 78.7 Å². The molecule has 9 atom stereocenters. The number of aliphatic hydroxyl groups excluding tert-OH is 1. The Bertz CT molecular complexity index is 724. The summed E-state index contributed by atoms with van der Waals surface area (Å²) in [6, 6.07) is 0.0499. The van der Waals surface area contributed by atoms with E-state index in [-0.39, 0.29) is 30.1 Å². The molecule has 2 heterocycles. The molecule has 11 heteroatoms. The lowest BCUT2D eigenvalue weighted by atomic mass is 9.73. The topological polar surface area (TPSA) is 97.9 Å². The Labute approximate surface area is 192 Å². The molecule has 0 bridgehead atoms. The van der Waals surface area contributed by atoms with Crippen molar-refractivity contribution in [1.29, 1.82) is 0 Å². The van der Waals surface area contributed by atoms with Gasteiger partial charge in [0.1, 0.15) is 6.04 Å². The van der Waals surface area contributed by atoms with Gasteiger partial charge in [-0.05, 0) is 43.4 Å². The van der Waals surface area contributed by atoms with Gasteiger partial charge < -0.3 is 15.7 Å². The van der Waals surface area contributed by atoms with Crippen LogP contribution in [0.4, 0.5) is 13.2 Å². The zero-order valence-corrected chi connectivity index (χ0v) is 19.1. The average molecular weight is 476 g/mol. The fourth-order valence-corrected chi connectivity index (χ4v) is 5.76. The maximum Gasteiger partial charge on any atom is 0.523 e. The zero-order valence-electron chi connectivity index (χ0n) is 19.1. The molecule has 2 aliphatic heterocycles. The van der Waals surface area contributed by atoms with Crippen molar-refractivity contribution in [3.8, 4) is 0 Å². The summed E-state index contributed by atoms with van der Waals surface area (Å²) in [5.74, 6) is 1.11. The van der Waals surface area contributed by atoms with Gasteiger partial charge in [-0.25, -0.2) is 0 Å². The van der Waals surface area contributed by atoms with E-state index in [1.807, 2.05) is 0 Å². The predicted octanol–water partition coefficient (Wildman–Crippen LogP) is 0.846. The van der Waals surface area contributed by atoms with Gasteiger partial charge in [-0.15, -0.1) is 13.2 Å². The first-order valence-corrected chi connectivity index (χ1v) is 12.0. The second kappa shape index (κ2) is 10.2. The number of halogens is 3. The van der Waals surface area contributed by atoms with E-state index < -0.39 is 24.9 Å². The Balaban J connectivity index is 1.32. The smallest absolute Gasteiger partial charge is 0.361 e. The molecule has 4 rings (SSSR count). The standard InChI is InChI=1S/C22H36F3N5O3/c1-12-9-16-17(10-13(12)2)30(19-18(27-16)20(31)29-21(32)28-19)8-7-26-11-14-3-5-15(6-4-14)33-22(23,24)25/h3,5,12-19,21,26-28,32H,4,6-11H2,1-2H3,(H,29,31). The van der Waals surface area contributed by atoms with Gasteiger partial charge >= 0.3 is 6.36 Å². The molecular weight excluding hydrogens is 439 g/mol. The first kappa shape index (κ1) is 24.9. The summed E-state index contributed by atoms with van der Waals surface area (Å²) in [6.45, 7) is 6.58. The summed E-state index contributed by atoms with van der Waals surface area (Å²) in [7, 11) is 0. The number of ether oxygens (including phenoxy) is 1. The minimum Gasteiger partial charge on any atom is -0.361 e. The number of fused-ring (bicyclic) bond motifs is 2. The molecule has 0 aromatic carbocycles. The van der Waals surface area contributed by atoms with Crippen molar-refractivity contribution in [1.82, 2.24) is 26.2 Å². The summed E-state index contributed by atoms with van der Waals surface area (Å²) >= 11 is 0. The highest BCUT2D eigenvalue weighted by Gasteiger charge is 2.50. The van der Waals surface area contributed by atoms with Gasteiger partial charge in [-0.3, -0.25) is 25.1 Å². The molecule has 3 fully saturated rings. The van der Waals surface area contributed by atoms with Gasteiger partial charge in [0, 0.05) is 31.7 Å². The maximum absolute atomic E-state index is 12.6. The highest BCUT2D eigenvalue weighted by atomic mass is 19.4. The number of carbonyl (C=O) groups is 1. The number of nitrogens with one attached hydrogen (secondary N) is 4. The van der Waals surface area contributed by atoms with Crippen molar-refractivity contribution < 1.29 is 27.8 Å². The molecule has 1 saturated carbocycles. The van der Waals surface area contributed by atoms with Crippen LogP contribution in [0.15, 0.2) is 12.2 Å². The van der Waals surface area contributed by atoms with Crippen LogP contribution >= 0.6 is 0 Å². The molecule has 0 spiro atoms. The number of carbonyl (C=O) groups excluding carboxylic acids is 1. The van der Waals surface area contributed by atoms with Crippen molar-refractivity contribution in [2.45, 2.75) is 82.6 Å². The van der Waals surface area contributed by atoms with Crippen molar-refractivity contribution in [2.24, 2.45) is 17.8 Å². The minimum atomic E-state index is -4.61. The van der Waals surface area contributed by atoms with Crippen LogP contribution in [0.5, 0.6) is 0 Å². The Morgan fingerprint density at radius 3 is 2.64 bits per heavy atom. The van der Waals surface area contributed by atoms with E-state index in [0.717, 1.165) is 12.8 Å². The molecule has 4 aliphatic rings. The first-order chi connectivity index (χ1) is 15.6. The quantitative estimate of drug-likeness (QED) is 0.287. The fourth-order valence-electron chi connectivity index (χ4n) is 5.76. The summed E-state index contributed by atoms with van der Waals surface area (Å²) < 4.78 is 41.2. The summed E-state index contributed by atoms with van der Waals surface area (Å²) in [5.41, 5.74) is 0. The van der Waals surface area contributed by atoms with Crippen LogP contribution in [-0.2, 0) is 9.53 Å². The molecule has 2 aliphatic carbocycles. The van der Waals surface area contributed by atoms with Gasteiger partial charge in [-0.1, -0.05) is 26.0 Å². The molecule has 5 N–H and O–H groups in total. The Kier molecular flexibility index (Phi) is 7.66. The second-order valence-corrected chi connectivity index (χ2v) is 10.0. The molecule has 0 aromatic rings. The fraction of sp³-hybridized carbons (Fsp3) is 0.864. The lowest BCUT2D eigenvalue weighted by molar-refractivity contribution is -0.337. The molecule has 9 unspecified atom stereocenters. The third-order valence-corrected chi connectivity index (χ3v) is 7.72. The third-order valence-electron chi connectivity index (χ3n) is 7.72. The van der Waals surface area contributed by atoms with Crippen LogP contribution in [0, 0.1) is 17.8 Å². The van der Waals surface area contributed by atoms with E-state index in [2.05, 4.69) is 44.8 Å². The number of aliphatic hydroxyl groups is 1. The molecule has 2 saturated heterocycles. The van der Waals surface area contributed by atoms with E-state index in [0.29, 0.717) is 44.3 Å². The molecule has 0 radical (unpaired) electrons. The van der Waals surface area contributed by atoms with Crippen LogP contribution in [0.1, 0.15) is 39.5 Å². The molecular formula is C22H36F3N5O3. The Hall–Kier alpha value is -1.24. The van der Waals surface area contributed by atoms with Crippen molar-refractivity contribution in [2.75, 3.05) is 19.6 Å². The summed E-state index contributed by atoms with van der Waals surface area (Å²) in [5, 5.41) is 22.7. The lowest BCUT2D eigenvalue weighted by Crippen LogP contribution is -2.80. The number of rotatable bonds is 6. The van der Waals surface area contributed by atoms with Crippen LogP contribution in [0.3, 0.4) is 0 Å². The molecule has 188 valence electrons. The highest BCUT2D eigenvalue weighted by molar-refractivity contribution is 5.83. The van der Waals surface area contributed by atoms with Gasteiger partial charge in [-0.2, -0.15) is 0 Å². The monoisotopic (exact) mass is 475 g/mol. The lowest BCUT2D eigenvalue weighted by Gasteiger charge is -2.56. The number of amides is 1. The second-order valence-electron chi connectivity index (χ2n) is 10.0. The van der Waals surface area contributed by atoms with E-state index in [1.165, 1.54) is 6.08 Å². The van der Waals surface area contributed by atoms with Crippen molar-refractivity contribution >= 4 is 5.91 Å². The predicted molar refractivity (Wildman–Crippen MR) is 116 cm³/mol. The zero-order chi connectivity index (χ0) is 23.8. The number of hydrogen-bond donors (Lipinski definition) is 5. The third kappa shape index (κ3) is 6.07. The normalized spacial score (nSPS) is 41.9. The highest BCUT2D eigenvalue weighted by Crippen LogP contribution is 2.36. The maximum atomic E-state index is 12.6. The summed E-state index contributed by atoms with van der Waals surface area (Å²) in [4.78, 5) is 14.9. The van der Waals surface area contributed by atoms with Gasteiger partial charge in [0.25, 0.3) is 0 Å². The van der Waals surface area contributed by atoms with Gasteiger partial charge in [0.2, 0.25) is 5.91 Å². The van der Waals surface area contributed by atoms with E-state index >= 15 is 0 Å². The average Bonchev–Trinajstić information content (AvgIpc) is 2.72. The first-order valence-electron chi connectivity index (χ1n) is 12.0. The van der Waals surface area contributed by atoms with E-state index in [9.17, 15) is 23.1 Å².